The fraction of sp³-hybridized carbons (Fsp3) is 0.400. The Kier molecular flexibility index (Phi) is 5.21. The van der Waals surface area contributed by atoms with Gasteiger partial charge in [-0.3, -0.25) is 4.68 Å². The van der Waals surface area contributed by atoms with Crippen molar-refractivity contribution in [2.75, 3.05) is 6.61 Å². The average molecular weight is 276 g/mol. The fourth-order valence-corrected chi connectivity index (χ4v) is 2.26. The average Bonchev–Trinajstić information content (AvgIpc) is 2.77. The molecule has 4 heteroatoms. The van der Waals surface area contributed by atoms with E-state index in [2.05, 4.69) is 18.1 Å². The first-order chi connectivity index (χ1) is 9.29. The molecule has 1 aromatic heterocycles. The molecule has 0 bridgehead atoms. The maximum Gasteiger partial charge on any atom is 0.122 e. The summed E-state index contributed by atoms with van der Waals surface area (Å²) in [4.78, 5) is 0. The van der Waals surface area contributed by atoms with Gasteiger partial charge in [0.15, 0.2) is 0 Å². The zero-order valence-corrected chi connectivity index (χ0v) is 12.1. The van der Waals surface area contributed by atoms with Crippen LogP contribution in [-0.2, 0) is 13.0 Å². The molecule has 2 aromatic rings. The van der Waals surface area contributed by atoms with Crippen LogP contribution in [0.2, 0.25) is 0 Å². The summed E-state index contributed by atoms with van der Waals surface area (Å²) in [7, 11) is 0. The molecule has 0 aliphatic heterocycles. The van der Waals surface area contributed by atoms with Gasteiger partial charge < -0.3 is 9.84 Å². The van der Waals surface area contributed by atoms with E-state index in [1.807, 2.05) is 35.0 Å². The van der Waals surface area contributed by atoms with Crippen LogP contribution in [0.25, 0.3) is 0 Å². The zero-order chi connectivity index (χ0) is 13.5. The molecule has 0 fully saturated rings. The number of aromatic nitrogens is 2. The van der Waals surface area contributed by atoms with Crippen LogP contribution in [0.15, 0.2) is 36.4 Å². The highest BCUT2D eigenvalue weighted by molar-refractivity contribution is 7.71. The molecule has 0 aliphatic carbocycles. The summed E-state index contributed by atoms with van der Waals surface area (Å²) in [5, 5.41) is 3.34. The predicted molar refractivity (Wildman–Crippen MR) is 80.2 cm³/mol. The second kappa shape index (κ2) is 7.14. The van der Waals surface area contributed by atoms with Crippen molar-refractivity contribution >= 4 is 12.2 Å². The van der Waals surface area contributed by atoms with E-state index >= 15 is 0 Å². The first kappa shape index (κ1) is 13.9. The van der Waals surface area contributed by atoms with Crippen LogP contribution in [0.3, 0.4) is 0 Å². The van der Waals surface area contributed by atoms with Crippen LogP contribution in [0.1, 0.15) is 25.5 Å². The molecular weight excluding hydrogens is 256 g/mol. The third-order valence-electron chi connectivity index (χ3n) is 2.90. The molecule has 0 aliphatic rings. The maximum atomic E-state index is 5.66. The summed E-state index contributed by atoms with van der Waals surface area (Å²) < 4.78 is 8.56. The summed E-state index contributed by atoms with van der Waals surface area (Å²) in [5.74, 6) is 0.921. The van der Waals surface area contributed by atoms with E-state index in [-0.39, 0.29) is 0 Å². The number of hydrogen-bond donors (Lipinski definition) is 1. The normalized spacial score (nSPS) is 10.6. The van der Waals surface area contributed by atoms with Crippen molar-refractivity contribution in [3.8, 4) is 5.75 Å². The second-order valence-corrected chi connectivity index (χ2v) is 4.95. The minimum atomic E-state index is 0.702. The minimum Gasteiger partial charge on any atom is -0.494 e. The van der Waals surface area contributed by atoms with Crippen molar-refractivity contribution in [3.63, 3.8) is 0 Å². The number of aryl methyl sites for hydroxylation is 2. The SMILES string of the molecule is CCCc1cc(=S)n(CCCOc2ccccc2)[nH]1. The lowest BCUT2D eigenvalue weighted by molar-refractivity contribution is 0.298. The third kappa shape index (κ3) is 4.24. The lowest BCUT2D eigenvalue weighted by atomic mass is 10.3. The molecule has 0 radical (unpaired) electrons. The lowest BCUT2D eigenvalue weighted by Crippen LogP contribution is -2.06. The minimum absolute atomic E-state index is 0.702. The van der Waals surface area contributed by atoms with Gasteiger partial charge in [0, 0.05) is 18.7 Å². The van der Waals surface area contributed by atoms with E-state index in [4.69, 9.17) is 17.0 Å². The van der Waals surface area contributed by atoms with Gasteiger partial charge in [0.25, 0.3) is 0 Å². The Morgan fingerprint density at radius 3 is 2.79 bits per heavy atom. The Morgan fingerprint density at radius 1 is 1.26 bits per heavy atom. The monoisotopic (exact) mass is 276 g/mol. The summed E-state index contributed by atoms with van der Waals surface area (Å²) in [6.45, 7) is 3.74. The number of H-pyrrole nitrogens is 1. The van der Waals surface area contributed by atoms with E-state index < -0.39 is 0 Å². The quantitative estimate of drug-likeness (QED) is 0.612. The third-order valence-corrected chi connectivity index (χ3v) is 3.24. The van der Waals surface area contributed by atoms with Crippen LogP contribution in [0, 0.1) is 4.64 Å². The fourth-order valence-electron chi connectivity index (χ4n) is 1.98. The number of benzene rings is 1. The Hall–Kier alpha value is -1.55. The molecule has 1 heterocycles. The van der Waals surface area contributed by atoms with Gasteiger partial charge in [0.05, 0.1) is 6.61 Å². The first-order valence-electron chi connectivity index (χ1n) is 6.76. The molecule has 0 amide bonds. The standard InChI is InChI=1S/C15H20N2OS/c1-2-7-13-12-15(19)17(16-13)10-6-11-18-14-8-4-3-5-9-14/h3-5,8-9,12,16H,2,6-7,10-11H2,1H3. The van der Waals surface area contributed by atoms with Crippen molar-refractivity contribution in [1.29, 1.82) is 0 Å². The van der Waals surface area contributed by atoms with Gasteiger partial charge in [-0.15, -0.1) is 0 Å². The molecule has 0 atom stereocenters. The van der Waals surface area contributed by atoms with Crippen LogP contribution in [0.5, 0.6) is 5.75 Å². The van der Waals surface area contributed by atoms with Gasteiger partial charge in [0.1, 0.15) is 10.4 Å². The van der Waals surface area contributed by atoms with Gasteiger partial charge >= 0.3 is 0 Å². The van der Waals surface area contributed by atoms with Crippen LogP contribution in [0.4, 0.5) is 0 Å². The van der Waals surface area contributed by atoms with E-state index in [1.165, 1.54) is 5.69 Å². The molecule has 1 aromatic carbocycles. The van der Waals surface area contributed by atoms with Gasteiger partial charge in [-0.2, -0.15) is 0 Å². The zero-order valence-electron chi connectivity index (χ0n) is 11.3. The molecule has 0 saturated carbocycles. The molecule has 0 spiro atoms. The maximum absolute atomic E-state index is 5.66. The number of para-hydroxylation sites is 1. The number of rotatable bonds is 7. The Labute approximate surface area is 119 Å². The van der Waals surface area contributed by atoms with Crippen molar-refractivity contribution in [2.45, 2.75) is 32.7 Å². The van der Waals surface area contributed by atoms with E-state index in [9.17, 15) is 0 Å². The van der Waals surface area contributed by atoms with Gasteiger partial charge in [-0.25, -0.2) is 0 Å². The van der Waals surface area contributed by atoms with E-state index in [0.29, 0.717) is 6.61 Å². The second-order valence-electron chi connectivity index (χ2n) is 4.54. The highest BCUT2D eigenvalue weighted by Gasteiger charge is 1.99. The number of ether oxygens (including phenoxy) is 1. The highest BCUT2D eigenvalue weighted by Crippen LogP contribution is 2.09. The smallest absolute Gasteiger partial charge is 0.122 e. The molecule has 19 heavy (non-hydrogen) atoms. The van der Waals surface area contributed by atoms with Crippen molar-refractivity contribution in [1.82, 2.24) is 9.78 Å². The predicted octanol–water partition coefficient (Wildman–Crippen LogP) is 3.97. The Bertz CT molecular complexity index is 545. The number of nitrogens with zero attached hydrogens (tertiary/aromatic N) is 1. The highest BCUT2D eigenvalue weighted by atomic mass is 32.1. The number of hydrogen-bond acceptors (Lipinski definition) is 2. The van der Waals surface area contributed by atoms with Crippen molar-refractivity contribution in [2.24, 2.45) is 0 Å². The molecule has 102 valence electrons. The Balaban J connectivity index is 1.78. The van der Waals surface area contributed by atoms with Gasteiger partial charge in [-0.05, 0) is 24.6 Å². The summed E-state index contributed by atoms with van der Waals surface area (Å²) in [6.07, 6.45) is 3.12. The van der Waals surface area contributed by atoms with Crippen LogP contribution in [-0.4, -0.2) is 16.4 Å². The number of aromatic amines is 1. The summed E-state index contributed by atoms with van der Waals surface area (Å²) in [5.41, 5.74) is 1.22. The van der Waals surface area contributed by atoms with E-state index in [0.717, 1.165) is 36.2 Å². The van der Waals surface area contributed by atoms with Gasteiger partial charge in [0.2, 0.25) is 0 Å². The van der Waals surface area contributed by atoms with Gasteiger partial charge in [-0.1, -0.05) is 43.8 Å². The van der Waals surface area contributed by atoms with Crippen LogP contribution >= 0.6 is 12.2 Å². The molecule has 0 saturated heterocycles. The molecule has 0 unspecified atom stereocenters. The van der Waals surface area contributed by atoms with E-state index in [1.54, 1.807) is 0 Å². The topological polar surface area (TPSA) is 29.9 Å². The van der Waals surface area contributed by atoms with Crippen LogP contribution < -0.4 is 4.74 Å². The van der Waals surface area contributed by atoms with Crippen molar-refractivity contribution < 1.29 is 4.74 Å². The Morgan fingerprint density at radius 2 is 2.05 bits per heavy atom. The molecule has 2 rings (SSSR count). The number of nitrogens with one attached hydrogen (secondary N) is 1. The largest absolute Gasteiger partial charge is 0.494 e. The molecular formula is C15H20N2OS. The lowest BCUT2D eigenvalue weighted by Gasteiger charge is -2.06. The summed E-state index contributed by atoms with van der Waals surface area (Å²) in [6, 6.07) is 11.9. The molecule has 1 N–H and O–H groups in total. The van der Waals surface area contributed by atoms with Crippen molar-refractivity contribution in [3.05, 3.63) is 46.7 Å². The first-order valence-corrected chi connectivity index (χ1v) is 7.17. The summed E-state index contributed by atoms with van der Waals surface area (Å²) >= 11 is 5.32. The molecule has 3 nitrogen and oxygen atoms in total.